The predicted molar refractivity (Wildman–Crippen MR) is 73.4 cm³/mol. The number of carbonyl (C=O) groups is 2. The van der Waals surface area contributed by atoms with Crippen LogP contribution in [-0.2, 0) is 26.0 Å². The maximum atomic E-state index is 11.7. The first-order valence-electron chi connectivity index (χ1n) is 5.61. The summed E-state index contributed by atoms with van der Waals surface area (Å²) in [6, 6.07) is 2.92. The second-order valence-corrected chi connectivity index (χ2v) is 6.53. The monoisotopic (exact) mass is 318 g/mol. The number of aliphatic carboxylic acids is 1. The largest absolute Gasteiger partial charge is 0.481 e. The number of hydrogen-bond donors (Lipinski definition) is 3. The summed E-state index contributed by atoms with van der Waals surface area (Å²) in [4.78, 5) is 21.6. The van der Waals surface area contributed by atoms with Crippen LogP contribution in [0.3, 0.4) is 0 Å². The summed E-state index contributed by atoms with van der Waals surface area (Å²) < 4.78 is 25.6. The van der Waals surface area contributed by atoms with E-state index in [1.165, 1.54) is 12.1 Å². The van der Waals surface area contributed by atoms with Crippen LogP contribution in [0, 0.1) is 0 Å². The third-order valence-electron chi connectivity index (χ3n) is 2.67. The van der Waals surface area contributed by atoms with E-state index in [4.69, 9.17) is 16.7 Å². The van der Waals surface area contributed by atoms with Crippen LogP contribution >= 0.6 is 11.6 Å². The first-order valence-corrected chi connectivity index (χ1v) is 7.64. The smallest absolute Gasteiger partial charge is 0.304 e. The Hall–Kier alpha value is -1.80. The Kier molecular flexibility index (Phi) is 3.87. The Morgan fingerprint density at radius 1 is 1.45 bits per heavy atom. The highest BCUT2D eigenvalue weighted by Gasteiger charge is 2.21. The Morgan fingerprint density at radius 3 is 2.80 bits per heavy atom. The van der Waals surface area contributed by atoms with Gasteiger partial charge in [0, 0.05) is 5.69 Å². The highest BCUT2D eigenvalue weighted by Crippen LogP contribution is 2.33. The second kappa shape index (κ2) is 5.29. The van der Waals surface area contributed by atoms with Crippen molar-refractivity contribution in [1.82, 2.24) is 0 Å². The molecule has 0 radical (unpaired) electrons. The average molecular weight is 319 g/mol. The van der Waals surface area contributed by atoms with E-state index in [1.807, 2.05) is 0 Å². The summed E-state index contributed by atoms with van der Waals surface area (Å²) >= 11 is 5.93. The molecule has 0 saturated carbocycles. The van der Waals surface area contributed by atoms with Crippen LogP contribution < -0.4 is 10.0 Å². The number of carboxylic acids is 1. The highest BCUT2D eigenvalue weighted by atomic mass is 35.5. The van der Waals surface area contributed by atoms with Crippen LogP contribution in [0.4, 0.5) is 11.4 Å². The van der Waals surface area contributed by atoms with E-state index >= 15 is 0 Å². The van der Waals surface area contributed by atoms with Crippen molar-refractivity contribution in [3.8, 4) is 0 Å². The Bertz CT molecular complexity index is 686. The second-order valence-electron chi connectivity index (χ2n) is 4.28. The molecule has 7 nitrogen and oxygen atoms in total. The maximum absolute atomic E-state index is 11.7. The minimum absolute atomic E-state index is 0.129. The minimum atomic E-state index is -3.80. The molecule has 2 rings (SSSR count). The van der Waals surface area contributed by atoms with Gasteiger partial charge in [-0.1, -0.05) is 11.6 Å². The van der Waals surface area contributed by atoms with Gasteiger partial charge in [0.2, 0.25) is 15.9 Å². The fraction of sp³-hybridized carbons (Fsp3) is 0.273. The SMILES string of the molecule is O=C(O)CCS(=O)(=O)Nc1cc2c(cc1Cl)NC(=O)C2. The third kappa shape index (κ3) is 3.40. The summed E-state index contributed by atoms with van der Waals surface area (Å²) in [5.41, 5.74) is 1.32. The van der Waals surface area contributed by atoms with E-state index in [0.717, 1.165) is 0 Å². The van der Waals surface area contributed by atoms with Gasteiger partial charge in [0.1, 0.15) is 0 Å². The molecule has 3 N–H and O–H groups in total. The van der Waals surface area contributed by atoms with Crippen molar-refractivity contribution in [2.24, 2.45) is 0 Å². The molecule has 0 spiro atoms. The standard InChI is InChI=1S/C11H11ClN2O5S/c12-7-5-8-6(4-10(15)13-8)3-9(7)14-20(18,19)2-1-11(16)17/h3,5,14H,1-2,4H2,(H,13,15)(H,16,17). The Morgan fingerprint density at radius 2 is 2.15 bits per heavy atom. The van der Waals surface area contributed by atoms with Crippen molar-refractivity contribution >= 4 is 44.9 Å². The first kappa shape index (κ1) is 14.6. The number of fused-ring (bicyclic) bond motifs is 1. The molecular formula is C11H11ClN2O5S. The van der Waals surface area contributed by atoms with Gasteiger partial charge in [-0.2, -0.15) is 0 Å². The summed E-state index contributed by atoms with van der Waals surface area (Å²) in [5, 5.41) is 11.2. The number of carbonyl (C=O) groups excluding carboxylic acids is 1. The van der Waals surface area contributed by atoms with Crippen molar-refractivity contribution in [2.75, 3.05) is 15.8 Å². The number of amides is 1. The summed E-state index contributed by atoms with van der Waals surface area (Å²) in [6.45, 7) is 0. The lowest BCUT2D eigenvalue weighted by atomic mass is 10.1. The summed E-state index contributed by atoms with van der Waals surface area (Å²) in [5.74, 6) is -1.94. The number of nitrogens with one attached hydrogen (secondary N) is 2. The molecular weight excluding hydrogens is 308 g/mol. The Balaban J connectivity index is 2.20. The molecule has 1 amide bonds. The molecule has 0 fully saturated rings. The van der Waals surface area contributed by atoms with Gasteiger partial charge < -0.3 is 10.4 Å². The summed E-state index contributed by atoms with van der Waals surface area (Å²) in [7, 11) is -3.80. The number of rotatable bonds is 5. The molecule has 1 aromatic carbocycles. The zero-order valence-corrected chi connectivity index (χ0v) is 11.7. The number of carboxylic acid groups (broad SMARTS) is 1. The fourth-order valence-corrected chi connectivity index (χ4v) is 3.08. The number of benzene rings is 1. The van der Waals surface area contributed by atoms with Crippen molar-refractivity contribution in [2.45, 2.75) is 12.8 Å². The van der Waals surface area contributed by atoms with Gasteiger partial charge in [-0.05, 0) is 17.7 Å². The van der Waals surface area contributed by atoms with E-state index in [0.29, 0.717) is 11.3 Å². The molecule has 108 valence electrons. The molecule has 1 aromatic rings. The molecule has 1 heterocycles. The molecule has 20 heavy (non-hydrogen) atoms. The predicted octanol–water partition coefficient (Wildman–Crippen LogP) is 1.05. The van der Waals surface area contributed by atoms with Crippen LogP contribution in [0.1, 0.15) is 12.0 Å². The number of hydrogen-bond acceptors (Lipinski definition) is 4. The van der Waals surface area contributed by atoms with Gasteiger partial charge >= 0.3 is 5.97 Å². The molecule has 0 bridgehead atoms. The lowest BCUT2D eigenvalue weighted by Gasteiger charge is -2.10. The zero-order chi connectivity index (χ0) is 14.9. The van der Waals surface area contributed by atoms with Crippen LogP contribution in [-0.4, -0.2) is 31.2 Å². The van der Waals surface area contributed by atoms with Crippen LogP contribution in [0.15, 0.2) is 12.1 Å². The fourth-order valence-electron chi connectivity index (χ4n) is 1.77. The Labute approximate surface area is 120 Å². The van der Waals surface area contributed by atoms with Gasteiger partial charge in [0.25, 0.3) is 0 Å². The van der Waals surface area contributed by atoms with Crippen LogP contribution in [0.25, 0.3) is 0 Å². The minimum Gasteiger partial charge on any atom is -0.481 e. The van der Waals surface area contributed by atoms with Gasteiger partial charge in [-0.3, -0.25) is 14.3 Å². The maximum Gasteiger partial charge on any atom is 0.304 e. The number of halogens is 1. The molecule has 0 aliphatic carbocycles. The van der Waals surface area contributed by atoms with E-state index < -0.39 is 28.2 Å². The van der Waals surface area contributed by atoms with Crippen LogP contribution in [0.5, 0.6) is 0 Å². The van der Waals surface area contributed by atoms with E-state index in [2.05, 4.69) is 10.0 Å². The molecule has 0 saturated heterocycles. The summed E-state index contributed by atoms with van der Waals surface area (Å²) in [6.07, 6.45) is -0.353. The van der Waals surface area contributed by atoms with Crippen molar-refractivity contribution in [3.63, 3.8) is 0 Å². The normalized spacial score (nSPS) is 13.8. The molecule has 0 aromatic heterocycles. The number of anilines is 2. The van der Waals surface area contributed by atoms with Gasteiger partial charge in [-0.15, -0.1) is 0 Å². The van der Waals surface area contributed by atoms with Crippen molar-refractivity contribution < 1.29 is 23.1 Å². The number of sulfonamides is 1. The van der Waals surface area contributed by atoms with Gasteiger partial charge in [0.15, 0.2) is 0 Å². The van der Waals surface area contributed by atoms with Crippen molar-refractivity contribution in [1.29, 1.82) is 0 Å². The van der Waals surface area contributed by atoms with E-state index in [-0.39, 0.29) is 23.0 Å². The molecule has 0 atom stereocenters. The van der Waals surface area contributed by atoms with Crippen LogP contribution in [0.2, 0.25) is 5.02 Å². The molecule has 1 aliphatic heterocycles. The van der Waals surface area contributed by atoms with Gasteiger partial charge in [-0.25, -0.2) is 8.42 Å². The average Bonchev–Trinajstić information content (AvgIpc) is 2.66. The van der Waals surface area contributed by atoms with E-state index in [1.54, 1.807) is 0 Å². The molecule has 1 aliphatic rings. The first-order chi connectivity index (χ1) is 9.27. The van der Waals surface area contributed by atoms with Gasteiger partial charge in [0.05, 0.1) is 29.3 Å². The zero-order valence-electron chi connectivity index (χ0n) is 10.1. The lowest BCUT2D eigenvalue weighted by molar-refractivity contribution is -0.136. The molecule has 9 heteroatoms. The lowest BCUT2D eigenvalue weighted by Crippen LogP contribution is -2.19. The topological polar surface area (TPSA) is 113 Å². The van der Waals surface area contributed by atoms with Crippen molar-refractivity contribution in [3.05, 3.63) is 22.7 Å². The van der Waals surface area contributed by atoms with E-state index in [9.17, 15) is 18.0 Å². The highest BCUT2D eigenvalue weighted by molar-refractivity contribution is 7.92. The quantitative estimate of drug-likeness (QED) is 0.751. The molecule has 0 unspecified atom stereocenters. The third-order valence-corrected chi connectivity index (χ3v) is 4.25.